The molecule has 0 aliphatic heterocycles. The topological polar surface area (TPSA) is 87.7 Å². The van der Waals surface area contributed by atoms with Gasteiger partial charge in [0.05, 0.1) is 19.1 Å². The van der Waals surface area contributed by atoms with Gasteiger partial charge in [-0.3, -0.25) is 0 Å². The minimum atomic E-state index is -1.34. The molecule has 0 bridgehead atoms. The predicted molar refractivity (Wildman–Crippen MR) is 87.3 cm³/mol. The molecule has 7 heteroatoms. The number of thioether (sulfide) groups is 1. The van der Waals surface area contributed by atoms with Crippen molar-refractivity contribution in [3.63, 3.8) is 0 Å². The Kier molecular flexibility index (Phi) is 7.22. The van der Waals surface area contributed by atoms with Crippen LogP contribution in [-0.2, 0) is 15.3 Å². The fraction of sp³-hybridized carbons (Fsp3) is 0.500. The molecule has 1 aromatic carbocycles. The Morgan fingerprint density at radius 3 is 2.35 bits per heavy atom. The molecule has 1 aromatic rings. The maximum absolute atomic E-state index is 11.6. The molecule has 1 amide bonds. The summed E-state index contributed by atoms with van der Waals surface area (Å²) in [5, 5.41) is 13.4. The SMILES string of the molecule is COc1ccc(CSC[C@@H](NC(=O)OC(C)(C)C)C(=O)[O-])cc1. The van der Waals surface area contributed by atoms with Crippen molar-refractivity contribution >= 4 is 23.8 Å². The summed E-state index contributed by atoms with van der Waals surface area (Å²) >= 11 is 1.38. The summed E-state index contributed by atoms with van der Waals surface area (Å²) in [6.45, 7) is 5.12. The maximum atomic E-state index is 11.6. The van der Waals surface area contributed by atoms with Crippen LogP contribution in [0.2, 0.25) is 0 Å². The zero-order valence-corrected chi connectivity index (χ0v) is 14.6. The van der Waals surface area contributed by atoms with E-state index in [9.17, 15) is 14.7 Å². The van der Waals surface area contributed by atoms with E-state index in [0.717, 1.165) is 11.3 Å². The molecule has 0 heterocycles. The summed E-state index contributed by atoms with van der Waals surface area (Å²) in [6, 6.07) is 6.38. The molecule has 0 aromatic heterocycles. The third-order valence-corrected chi connectivity index (χ3v) is 3.79. The molecule has 0 unspecified atom stereocenters. The quantitative estimate of drug-likeness (QED) is 0.811. The fourth-order valence-corrected chi connectivity index (χ4v) is 2.64. The van der Waals surface area contributed by atoms with Crippen LogP contribution in [0.25, 0.3) is 0 Å². The van der Waals surface area contributed by atoms with Crippen LogP contribution in [-0.4, -0.2) is 36.6 Å². The average Bonchev–Trinajstić information content (AvgIpc) is 2.44. The minimum absolute atomic E-state index is 0.188. The van der Waals surface area contributed by atoms with Crippen molar-refractivity contribution in [3.8, 4) is 5.75 Å². The van der Waals surface area contributed by atoms with Crippen molar-refractivity contribution in [2.45, 2.75) is 38.2 Å². The van der Waals surface area contributed by atoms with Gasteiger partial charge in [-0.15, -0.1) is 0 Å². The number of carboxylic acids is 1. The van der Waals surface area contributed by atoms with E-state index in [0.29, 0.717) is 5.75 Å². The highest BCUT2D eigenvalue weighted by Gasteiger charge is 2.20. The van der Waals surface area contributed by atoms with Gasteiger partial charge in [-0.25, -0.2) is 4.79 Å². The first-order valence-electron chi connectivity index (χ1n) is 7.12. The predicted octanol–water partition coefficient (Wildman–Crippen LogP) is 1.57. The standard InChI is InChI=1S/C16H23NO5S/c1-16(2,3)22-15(20)17-13(14(18)19)10-23-9-11-5-7-12(21-4)8-6-11/h5-8,13H,9-10H2,1-4H3,(H,17,20)(H,18,19)/p-1/t13-/m1/s1. The number of rotatable bonds is 7. The highest BCUT2D eigenvalue weighted by molar-refractivity contribution is 7.98. The number of aliphatic carboxylic acids is 1. The molecule has 0 aliphatic rings. The lowest BCUT2D eigenvalue weighted by molar-refractivity contribution is -0.307. The van der Waals surface area contributed by atoms with Crippen molar-refractivity contribution in [2.75, 3.05) is 12.9 Å². The fourth-order valence-electron chi connectivity index (χ4n) is 1.63. The number of carbonyl (C=O) groups is 2. The minimum Gasteiger partial charge on any atom is -0.548 e. The van der Waals surface area contributed by atoms with Crippen LogP contribution >= 0.6 is 11.8 Å². The van der Waals surface area contributed by atoms with E-state index < -0.39 is 23.7 Å². The van der Waals surface area contributed by atoms with Gasteiger partial charge in [-0.2, -0.15) is 11.8 Å². The van der Waals surface area contributed by atoms with Crippen LogP contribution in [0.5, 0.6) is 5.75 Å². The molecular formula is C16H22NO5S-. The Hall–Kier alpha value is -1.89. The number of nitrogens with one attached hydrogen (secondary N) is 1. The van der Waals surface area contributed by atoms with E-state index >= 15 is 0 Å². The van der Waals surface area contributed by atoms with E-state index in [-0.39, 0.29) is 5.75 Å². The Labute approximate surface area is 140 Å². The third-order valence-electron chi connectivity index (χ3n) is 2.69. The Morgan fingerprint density at radius 1 is 1.26 bits per heavy atom. The van der Waals surface area contributed by atoms with Gasteiger partial charge in [0, 0.05) is 11.5 Å². The van der Waals surface area contributed by atoms with Crippen LogP contribution in [0.15, 0.2) is 24.3 Å². The number of carboxylic acid groups (broad SMARTS) is 1. The highest BCUT2D eigenvalue weighted by Crippen LogP contribution is 2.17. The van der Waals surface area contributed by atoms with E-state index in [4.69, 9.17) is 9.47 Å². The number of ether oxygens (including phenoxy) is 2. The van der Waals surface area contributed by atoms with Crippen molar-refractivity contribution in [2.24, 2.45) is 0 Å². The molecule has 1 atom stereocenters. The number of hydrogen-bond donors (Lipinski definition) is 1. The Morgan fingerprint density at radius 2 is 1.87 bits per heavy atom. The summed E-state index contributed by atoms with van der Waals surface area (Å²) in [6.07, 6.45) is -0.767. The molecule has 23 heavy (non-hydrogen) atoms. The Balaban J connectivity index is 2.46. The number of benzene rings is 1. The molecule has 1 N–H and O–H groups in total. The summed E-state index contributed by atoms with van der Waals surface area (Å²) in [5.74, 6) is 0.230. The van der Waals surface area contributed by atoms with Crippen LogP contribution in [0.4, 0.5) is 4.79 Å². The molecule has 6 nitrogen and oxygen atoms in total. The number of hydrogen-bond acceptors (Lipinski definition) is 6. The first-order valence-corrected chi connectivity index (χ1v) is 8.28. The van der Waals surface area contributed by atoms with Gasteiger partial charge in [0.1, 0.15) is 11.4 Å². The number of methoxy groups -OCH3 is 1. The van der Waals surface area contributed by atoms with Crippen molar-refractivity contribution in [3.05, 3.63) is 29.8 Å². The molecule has 128 valence electrons. The van der Waals surface area contributed by atoms with E-state index in [1.807, 2.05) is 24.3 Å². The van der Waals surface area contributed by atoms with Gasteiger partial charge in [0.2, 0.25) is 0 Å². The Bertz CT molecular complexity index is 524. The third kappa shape index (κ3) is 7.78. The number of carbonyl (C=O) groups excluding carboxylic acids is 2. The zero-order valence-electron chi connectivity index (χ0n) is 13.8. The summed E-state index contributed by atoms with van der Waals surface area (Å²) in [4.78, 5) is 22.7. The second kappa shape index (κ2) is 8.67. The molecule has 0 radical (unpaired) electrons. The lowest BCUT2D eigenvalue weighted by Crippen LogP contribution is -2.50. The molecule has 1 rings (SSSR count). The number of amides is 1. The normalized spacial score (nSPS) is 12.3. The van der Waals surface area contributed by atoms with E-state index in [1.54, 1.807) is 27.9 Å². The lowest BCUT2D eigenvalue weighted by atomic mass is 10.2. The average molecular weight is 340 g/mol. The van der Waals surface area contributed by atoms with Crippen molar-refractivity contribution in [1.29, 1.82) is 0 Å². The van der Waals surface area contributed by atoms with Crippen molar-refractivity contribution in [1.82, 2.24) is 5.32 Å². The van der Waals surface area contributed by atoms with Gasteiger partial charge in [-0.05, 0) is 38.5 Å². The van der Waals surface area contributed by atoms with Crippen molar-refractivity contribution < 1.29 is 24.2 Å². The van der Waals surface area contributed by atoms with Crippen LogP contribution in [0, 0.1) is 0 Å². The second-order valence-electron chi connectivity index (χ2n) is 5.88. The molecule has 0 spiro atoms. The number of alkyl carbamates (subject to hydrolysis) is 1. The molecule has 0 fully saturated rings. The summed E-state index contributed by atoms with van der Waals surface area (Å²) in [5.41, 5.74) is 0.349. The van der Waals surface area contributed by atoms with Crippen LogP contribution in [0.1, 0.15) is 26.3 Å². The molecular weight excluding hydrogens is 318 g/mol. The molecule has 0 saturated carbocycles. The monoisotopic (exact) mass is 340 g/mol. The summed E-state index contributed by atoms with van der Waals surface area (Å²) in [7, 11) is 1.59. The second-order valence-corrected chi connectivity index (χ2v) is 6.91. The van der Waals surface area contributed by atoms with Gasteiger partial charge in [-0.1, -0.05) is 12.1 Å². The van der Waals surface area contributed by atoms with Gasteiger partial charge in [0.25, 0.3) is 0 Å². The first kappa shape index (κ1) is 19.2. The van der Waals surface area contributed by atoms with E-state index in [2.05, 4.69) is 5.32 Å². The van der Waals surface area contributed by atoms with E-state index in [1.165, 1.54) is 11.8 Å². The highest BCUT2D eigenvalue weighted by atomic mass is 32.2. The first-order chi connectivity index (χ1) is 10.7. The maximum Gasteiger partial charge on any atom is 0.408 e. The van der Waals surface area contributed by atoms with Gasteiger partial charge >= 0.3 is 6.09 Å². The van der Waals surface area contributed by atoms with Gasteiger partial charge in [0.15, 0.2) is 0 Å². The zero-order chi connectivity index (χ0) is 17.5. The largest absolute Gasteiger partial charge is 0.548 e. The lowest BCUT2D eigenvalue weighted by Gasteiger charge is -2.24. The van der Waals surface area contributed by atoms with Gasteiger partial charge < -0.3 is 24.7 Å². The molecule has 0 saturated heterocycles. The van der Waals surface area contributed by atoms with Crippen LogP contribution < -0.4 is 15.2 Å². The molecule has 0 aliphatic carbocycles. The summed E-state index contributed by atoms with van der Waals surface area (Å²) < 4.78 is 10.1. The smallest absolute Gasteiger partial charge is 0.408 e. The van der Waals surface area contributed by atoms with Crippen LogP contribution in [0.3, 0.4) is 0 Å².